The highest BCUT2D eigenvalue weighted by Gasteiger charge is 2.34. The minimum Gasteiger partial charge on any atom is -0.304 e. The predicted octanol–water partition coefficient (Wildman–Crippen LogP) is 2.91. The summed E-state index contributed by atoms with van der Waals surface area (Å²) in [6.07, 6.45) is 1.41. The zero-order valence-electron chi connectivity index (χ0n) is 11.1. The largest absolute Gasteiger partial charge is 0.412 e. The van der Waals surface area contributed by atoms with Crippen molar-refractivity contribution >= 4 is 0 Å². The van der Waals surface area contributed by atoms with E-state index in [1.165, 1.54) is 0 Å². The fraction of sp³-hybridized carbons (Fsp3) is 1.00. The molecule has 0 N–H and O–H groups in total. The molecule has 0 rings (SSSR count). The van der Waals surface area contributed by atoms with Crippen molar-refractivity contribution in [3.05, 3.63) is 0 Å². The molecule has 0 saturated carbocycles. The Balaban J connectivity index is 4.32. The first-order chi connectivity index (χ1) is 7.74. The number of hydrogen-bond donors (Lipinski definition) is 0. The lowest BCUT2D eigenvalue weighted by molar-refractivity contribution is -0.498. The maximum atomic E-state index is 5.56. The van der Waals surface area contributed by atoms with Crippen LogP contribution in [-0.4, -0.2) is 32.6 Å². The summed E-state index contributed by atoms with van der Waals surface area (Å²) in [7, 11) is 0. The van der Waals surface area contributed by atoms with Crippen LogP contribution in [0.25, 0.3) is 0 Å². The quantitative estimate of drug-likeness (QED) is 0.515. The van der Waals surface area contributed by atoms with Gasteiger partial charge >= 0.3 is 6.16 Å². The molecule has 0 spiro atoms. The van der Waals surface area contributed by atoms with Crippen LogP contribution in [0.5, 0.6) is 0 Å². The fourth-order valence-electron chi connectivity index (χ4n) is 1.11. The van der Waals surface area contributed by atoms with Crippen molar-refractivity contribution < 1.29 is 18.9 Å². The Morgan fingerprint density at radius 2 is 1.00 bits per heavy atom. The Kier molecular flexibility index (Phi) is 9.92. The lowest BCUT2D eigenvalue weighted by Crippen LogP contribution is -2.43. The first-order valence-corrected chi connectivity index (χ1v) is 6.30. The van der Waals surface area contributed by atoms with Gasteiger partial charge in [0.1, 0.15) is 0 Å². The van der Waals surface area contributed by atoms with Gasteiger partial charge in [0.15, 0.2) is 0 Å². The van der Waals surface area contributed by atoms with E-state index in [0.29, 0.717) is 26.4 Å². The highest BCUT2D eigenvalue weighted by atomic mass is 17.0. The second kappa shape index (κ2) is 10.0. The average molecular weight is 234 g/mol. The van der Waals surface area contributed by atoms with Crippen molar-refractivity contribution in [1.29, 1.82) is 0 Å². The summed E-state index contributed by atoms with van der Waals surface area (Å²) in [4.78, 5) is 0. The molecule has 0 aromatic heterocycles. The molecule has 0 atom stereocenters. The van der Waals surface area contributed by atoms with Crippen molar-refractivity contribution in [1.82, 2.24) is 0 Å². The molecule has 0 radical (unpaired) electrons. The van der Waals surface area contributed by atoms with Crippen LogP contribution >= 0.6 is 0 Å². The molecule has 0 aliphatic carbocycles. The van der Waals surface area contributed by atoms with Crippen molar-refractivity contribution in [2.75, 3.05) is 26.4 Å². The van der Waals surface area contributed by atoms with Crippen molar-refractivity contribution in [3.63, 3.8) is 0 Å². The zero-order valence-corrected chi connectivity index (χ0v) is 11.1. The molecule has 4 heteroatoms. The molecule has 0 saturated heterocycles. The average Bonchev–Trinajstić information content (AvgIpc) is 2.31. The van der Waals surface area contributed by atoms with Gasteiger partial charge in [0, 0.05) is 0 Å². The van der Waals surface area contributed by atoms with Crippen molar-refractivity contribution in [2.24, 2.45) is 0 Å². The molecule has 16 heavy (non-hydrogen) atoms. The van der Waals surface area contributed by atoms with Gasteiger partial charge in [-0.25, -0.2) is 0 Å². The first kappa shape index (κ1) is 15.8. The second-order valence-corrected chi connectivity index (χ2v) is 3.48. The summed E-state index contributed by atoms with van der Waals surface area (Å²) in [5.41, 5.74) is 0. The van der Waals surface area contributed by atoms with Gasteiger partial charge in [-0.3, -0.25) is 0 Å². The Morgan fingerprint density at radius 3 is 1.25 bits per heavy atom. The Morgan fingerprint density at radius 1 is 0.625 bits per heavy atom. The van der Waals surface area contributed by atoms with Crippen molar-refractivity contribution in [2.45, 2.75) is 53.1 Å². The maximum Gasteiger partial charge on any atom is 0.412 e. The third-order valence-corrected chi connectivity index (χ3v) is 1.77. The summed E-state index contributed by atoms with van der Waals surface area (Å²) in [5.74, 6) is 0. The third kappa shape index (κ3) is 6.43. The smallest absolute Gasteiger partial charge is 0.304 e. The van der Waals surface area contributed by atoms with E-state index in [9.17, 15) is 0 Å². The summed E-state index contributed by atoms with van der Waals surface area (Å²) in [6, 6.07) is 0. The van der Waals surface area contributed by atoms with Crippen LogP contribution in [0, 0.1) is 0 Å². The standard InChI is InChI=1S/C12H26O4/c1-5-9-14-12(13-8-4,15-10-6-2)16-11-7-3/h5-11H2,1-4H3. The Hall–Kier alpha value is -0.160. The minimum atomic E-state index is -1.29. The lowest BCUT2D eigenvalue weighted by atomic mass is 10.5. The van der Waals surface area contributed by atoms with E-state index in [4.69, 9.17) is 18.9 Å². The predicted molar refractivity (Wildman–Crippen MR) is 63.1 cm³/mol. The normalized spacial score (nSPS) is 12.0. The van der Waals surface area contributed by atoms with Crippen LogP contribution in [0.1, 0.15) is 47.0 Å². The van der Waals surface area contributed by atoms with E-state index in [2.05, 4.69) is 0 Å². The molecular weight excluding hydrogens is 208 g/mol. The number of rotatable bonds is 11. The summed E-state index contributed by atoms with van der Waals surface area (Å²) in [5, 5.41) is 0. The highest BCUT2D eigenvalue weighted by molar-refractivity contribution is 4.44. The van der Waals surface area contributed by atoms with Crippen LogP contribution in [0.4, 0.5) is 0 Å². The van der Waals surface area contributed by atoms with Gasteiger partial charge in [-0.05, 0) is 26.2 Å². The molecule has 0 fully saturated rings. The zero-order chi connectivity index (χ0) is 12.3. The minimum absolute atomic E-state index is 0.497. The number of hydrogen-bond acceptors (Lipinski definition) is 4. The van der Waals surface area contributed by atoms with E-state index in [-0.39, 0.29) is 0 Å². The Labute approximate surface area is 99.2 Å². The van der Waals surface area contributed by atoms with Crippen molar-refractivity contribution in [3.8, 4) is 0 Å². The van der Waals surface area contributed by atoms with Crippen LogP contribution in [-0.2, 0) is 18.9 Å². The first-order valence-electron chi connectivity index (χ1n) is 6.30. The highest BCUT2D eigenvalue weighted by Crippen LogP contribution is 2.18. The molecule has 0 amide bonds. The van der Waals surface area contributed by atoms with E-state index in [0.717, 1.165) is 19.3 Å². The molecule has 0 aromatic carbocycles. The summed E-state index contributed by atoms with van der Waals surface area (Å²) >= 11 is 0. The van der Waals surface area contributed by atoms with Gasteiger partial charge < -0.3 is 18.9 Å². The van der Waals surface area contributed by atoms with Gasteiger partial charge in [0.25, 0.3) is 0 Å². The van der Waals surface area contributed by atoms with Gasteiger partial charge in [0.05, 0.1) is 26.4 Å². The van der Waals surface area contributed by atoms with E-state index < -0.39 is 6.16 Å². The lowest BCUT2D eigenvalue weighted by Gasteiger charge is -2.31. The molecule has 4 nitrogen and oxygen atoms in total. The van der Waals surface area contributed by atoms with Crippen LogP contribution in [0.3, 0.4) is 0 Å². The molecule has 0 heterocycles. The van der Waals surface area contributed by atoms with Crippen LogP contribution in [0.15, 0.2) is 0 Å². The molecular formula is C12H26O4. The van der Waals surface area contributed by atoms with Gasteiger partial charge in [-0.15, -0.1) is 0 Å². The summed E-state index contributed by atoms with van der Waals surface area (Å²) in [6.45, 7) is 10.2. The number of ether oxygens (including phenoxy) is 4. The summed E-state index contributed by atoms with van der Waals surface area (Å²) < 4.78 is 22.1. The SMILES string of the molecule is CCCOC(OCC)(OCCC)OCCC. The fourth-order valence-corrected chi connectivity index (χ4v) is 1.11. The van der Waals surface area contributed by atoms with Gasteiger partial charge in [0.2, 0.25) is 0 Å². The topological polar surface area (TPSA) is 36.9 Å². The molecule has 0 unspecified atom stereocenters. The molecule has 0 aromatic rings. The van der Waals surface area contributed by atoms with Crippen LogP contribution < -0.4 is 0 Å². The monoisotopic (exact) mass is 234 g/mol. The van der Waals surface area contributed by atoms with Crippen LogP contribution in [0.2, 0.25) is 0 Å². The van der Waals surface area contributed by atoms with Gasteiger partial charge in [-0.1, -0.05) is 20.8 Å². The van der Waals surface area contributed by atoms with E-state index in [1.807, 2.05) is 27.7 Å². The van der Waals surface area contributed by atoms with Gasteiger partial charge in [-0.2, -0.15) is 0 Å². The third-order valence-electron chi connectivity index (χ3n) is 1.77. The molecule has 98 valence electrons. The molecule has 0 aliphatic rings. The molecule has 0 aliphatic heterocycles. The maximum absolute atomic E-state index is 5.56. The molecule has 0 bridgehead atoms. The Bertz CT molecular complexity index is 128. The van der Waals surface area contributed by atoms with E-state index in [1.54, 1.807) is 0 Å². The second-order valence-electron chi connectivity index (χ2n) is 3.48. The van der Waals surface area contributed by atoms with E-state index >= 15 is 0 Å².